The van der Waals surface area contributed by atoms with Crippen molar-refractivity contribution in [2.75, 3.05) is 12.4 Å². The van der Waals surface area contributed by atoms with Crippen molar-refractivity contribution in [1.82, 2.24) is 14.8 Å². The minimum Gasteiger partial charge on any atom is -0.493 e. The van der Waals surface area contributed by atoms with E-state index >= 15 is 0 Å². The van der Waals surface area contributed by atoms with Crippen LogP contribution in [0, 0.1) is 5.41 Å². The molecule has 0 saturated heterocycles. The molecule has 4 aromatic rings. The molecular weight excluding hydrogens is 636 g/mol. The molecule has 2 aliphatic rings. The first-order valence-corrected chi connectivity index (χ1v) is 15.8. The normalized spacial score (nSPS) is 17.4. The van der Waals surface area contributed by atoms with Crippen molar-refractivity contribution in [2.24, 2.45) is 5.41 Å². The van der Waals surface area contributed by atoms with Gasteiger partial charge in [-0.25, -0.2) is 4.68 Å². The lowest BCUT2D eigenvalue weighted by atomic mass is 9.73. The van der Waals surface area contributed by atoms with E-state index in [0.717, 1.165) is 33.3 Å². The molecule has 216 valence electrons. The zero-order valence-corrected chi connectivity index (χ0v) is 26.6. The smallest absolute Gasteiger partial charge is 0.227 e. The number of allylic oxidation sites excluding steroid dienone is 2. The van der Waals surface area contributed by atoms with Gasteiger partial charge in [0.1, 0.15) is 12.6 Å². The summed E-state index contributed by atoms with van der Waals surface area (Å²) in [5.74, 6) is 2.49. The van der Waals surface area contributed by atoms with Crippen LogP contribution in [0.5, 0.6) is 11.5 Å². The number of Topliss-reactive ketones (excluding diaryl/α,β-unsaturated/α-hetero) is 1. The van der Waals surface area contributed by atoms with Crippen LogP contribution in [0.15, 0.2) is 87.6 Å². The molecule has 1 atom stereocenters. The van der Waals surface area contributed by atoms with Gasteiger partial charge in [-0.1, -0.05) is 85.7 Å². The summed E-state index contributed by atoms with van der Waals surface area (Å²) in [6.07, 6.45) is 1.19. The molecule has 0 bridgehead atoms. The molecule has 1 aliphatic carbocycles. The van der Waals surface area contributed by atoms with Crippen LogP contribution in [0.4, 0.5) is 5.95 Å². The lowest BCUT2D eigenvalue weighted by Gasteiger charge is -2.38. The van der Waals surface area contributed by atoms with Gasteiger partial charge in [-0.15, -0.1) is 5.10 Å². The van der Waals surface area contributed by atoms with Crippen molar-refractivity contribution in [3.63, 3.8) is 0 Å². The van der Waals surface area contributed by atoms with E-state index in [-0.39, 0.29) is 11.2 Å². The highest BCUT2D eigenvalue weighted by Crippen LogP contribution is 2.48. The number of nitrogens with one attached hydrogen (secondary N) is 1. The Bertz CT molecular complexity index is 1690. The summed E-state index contributed by atoms with van der Waals surface area (Å²) in [6, 6.07) is 21.2. The van der Waals surface area contributed by atoms with Crippen LogP contribution in [0.25, 0.3) is 0 Å². The van der Waals surface area contributed by atoms with Gasteiger partial charge in [0.25, 0.3) is 0 Å². The van der Waals surface area contributed by atoms with E-state index in [1.807, 2.05) is 71.4 Å². The number of carbonyl (C=O) groups excluding carboxylic acids is 1. The number of anilines is 1. The lowest BCUT2D eigenvalue weighted by molar-refractivity contribution is -0.118. The number of halogens is 2. The highest BCUT2D eigenvalue weighted by atomic mass is 79.9. The van der Waals surface area contributed by atoms with Crippen LogP contribution >= 0.6 is 39.3 Å². The number of ketones is 1. The molecule has 1 aromatic heterocycles. The largest absolute Gasteiger partial charge is 0.493 e. The number of methoxy groups -OCH3 is 1. The molecule has 0 spiro atoms. The number of hydrogen-bond acceptors (Lipinski definition) is 7. The van der Waals surface area contributed by atoms with E-state index in [0.29, 0.717) is 52.0 Å². The second kappa shape index (κ2) is 11.8. The maximum atomic E-state index is 13.7. The summed E-state index contributed by atoms with van der Waals surface area (Å²) in [6.45, 7) is 4.63. The summed E-state index contributed by atoms with van der Waals surface area (Å²) >= 11 is 11.6. The van der Waals surface area contributed by atoms with Gasteiger partial charge in [0.2, 0.25) is 11.1 Å². The Balaban J connectivity index is 1.38. The van der Waals surface area contributed by atoms with Gasteiger partial charge in [-0.2, -0.15) is 4.98 Å². The molecule has 1 unspecified atom stereocenters. The van der Waals surface area contributed by atoms with Gasteiger partial charge in [-0.05, 0) is 62.7 Å². The predicted molar refractivity (Wildman–Crippen MR) is 169 cm³/mol. The molecule has 0 fully saturated rings. The summed E-state index contributed by atoms with van der Waals surface area (Å²) < 4.78 is 14.5. The summed E-state index contributed by atoms with van der Waals surface area (Å²) in [7, 11) is 1.62. The minimum absolute atomic E-state index is 0.102. The van der Waals surface area contributed by atoms with Crippen molar-refractivity contribution in [3.05, 3.63) is 104 Å². The average Bonchev–Trinajstić information content (AvgIpc) is 3.37. The fraction of sp³-hybridized carbons (Fsp3) is 0.281. The van der Waals surface area contributed by atoms with Gasteiger partial charge in [-0.3, -0.25) is 4.79 Å². The van der Waals surface area contributed by atoms with Crippen LogP contribution in [-0.4, -0.2) is 27.7 Å². The number of thioether (sulfide) groups is 1. The SMILES string of the molecule is COc1cc(C2C3=C(CC(C)(C)CC3=O)Nc3nc(SCc4ccccc4Cl)nn32)cc(Br)c1OCc1ccccc1. The van der Waals surface area contributed by atoms with Gasteiger partial charge < -0.3 is 14.8 Å². The van der Waals surface area contributed by atoms with Crippen LogP contribution in [0.3, 0.4) is 0 Å². The van der Waals surface area contributed by atoms with E-state index < -0.39 is 6.04 Å². The number of nitrogens with zero attached hydrogens (tertiary/aromatic N) is 3. The molecule has 42 heavy (non-hydrogen) atoms. The third-order valence-corrected chi connectivity index (χ3v) is 9.26. The molecule has 0 amide bonds. The fourth-order valence-corrected chi connectivity index (χ4v) is 7.17. The quantitative estimate of drug-likeness (QED) is 0.190. The van der Waals surface area contributed by atoms with Gasteiger partial charge in [0.15, 0.2) is 17.3 Å². The van der Waals surface area contributed by atoms with Crippen LogP contribution in [0.1, 0.15) is 49.4 Å². The second-order valence-electron chi connectivity index (χ2n) is 11.2. The standard InChI is InChI=1S/C32H30BrClN4O3S/c1-32(2)15-24-27(25(39)16-32)28(38-30(35-24)36-31(37-38)42-18-20-11-7-8-12-23(20)34)21-13-22(33)29(26(14-21)40-3)41-17-19-9-5-4-6-10-19/h4-14,28H,15-18H2,1-3H3,(H,35,36,37). The van der Waals surface area contributed by atoms with E-state index in [4.69, 9.17) is 31.2 Å². The Morgan fingerprint density at radius 1 is 1.12 bits per heavy atom. The summed E-state index contributed by atoms with van der Waals surface area (Å²) in [5.41, 5.74) is 4.35. The van der Waals surface area contributed by atoms with Crippen molar-refractivity contribution in [2.45, 2.75) is 50.2 Å². The predicted octanol–water partition coefficient (Wildman–Crippen LogP) is 8.23. The van der Waals surface area contributed by atoms with E-state index in [1.165, 1.54) is 11.8 Å². The number of fused-ring (bicyclic) bond motifs is 1. The molecule has 2 heterocycles. The van der Waals surface area contributed by atoms with Crippen molar-refractivity contribution >= 4 is 51.0 Å². The van der Waals surface area contributed by atoms with Gasteiger partial charge in [0.05, 0.1) is 11.6 Å². The van der Waals surface area contributed by atoms with Gasteiger partial charge >= 0.3 is 0 Å². The number of ether oxygens (including phenoxy) is 2. The van der Waals surface area contributed by atoms with Crippen LogP contribution in [-0.2, 0) is 17.2 Å². The summed E-state index contributed by atoms with van der Waals surface area (Å²) in [5, 5.41) is 9.65. The molecule has 7 nitrogen and oxygen atoms in total. The Hall–Kier alpha value is -3.27. The molecular formula is C32H30BrClN4O3S. The van der Waals surface area contributed by atoms with Crippen molar-refractivity contribution in [3.8, 4) is 11.5 Å². The summed E-state index contributed by atoms with van der Waals surface area (Å²) in [4.78, 5) is 18.5. The highest BCUT2D eigenvalue weighted by Gasteiger charge is 2.42. The molecule has 0 radical (unpaired) electrons. The molecule has 6 rings (SSSR count). The topological polar surface area (TPSA) is 78.3 Å². The van der Waals surface area contributed by atoms with Gasteiger partial charge in [0, 0.05) is 28.5 Å². The highest BCUT2D eigenvalue weighted by molar-refractivity contribution is 9.10. The van der Waals surface area contributed by atoms with Crippen LogP contribution in [0.2, 0.25) is 5.02 Å². The monoisotopic (exact) mass is 664 g/mol. The number of benzene rings is 3. The van der Waals surface area contributed by atoms with E-state index in [9.17, 15) is 4.79 Å². The lowest BCUT2D eigenvalue weighted by Crippen LogP contribution is -2.36. The zero-order chi connectivity index (χ0) is 29.4. The molecule has 10 heteroatoms. The fourth-order valence-electron chi connectivity index (χ4n) is 5.48. The maximum absolute atomic E-state index is 13.7. The molecule has 3 aromatic carbocycles. The van der Waals surface area contributed by atoms with Crippen molar-refractivity contribution < 1.29 is 14.3 Å². The first-order chi connectivity index (χ1) is 20.2. The second-order valence-corrected chi connectivity index (χ2v) is 13.4. The van der Waals surface area contributed by atoms with Crippen molar-refractivity contribution in [1.29, 1.82) is 0 Å². The first-order valence-electron chi connectivity index (χ1n) is 13.6. The third-order valence-electron chi connectivity index (χ3n) is 7.42. The van der Waals surface area contributed by atoms with E-state index in [1.54, 1.807) is 7.11 Å². The number of carbonyl (C=O) groups is 1. The average molecular weight is 666 g/mol. The van der Waals surface area contributed by atoms with Crippen LogP contribution < -0.4 is 14.8 Å². The van der Waals surface area contributed by atoms with E-state index in [2.05, 4.69) is 35.1 Å². The molecule has 1 aliphatic heterocycles. The first kappa shape index (κ1) is 28.8. The third kappa shape index (κ3) is 5.82. The number of rotatable bonds is 8. The zero-order valence-electron chi connectivity index (χ0n) is 23.5. The maximum Gasteiger partial charge on any atom is 0.227 e. The minimum atomic E-state index is -0.476. The Labute approximate surface area is 262 Å². The Morgan fingerprint density at radius 2 is 1.88 bits per heavy atom. The molecule has 0 saturated carbocycles. The number of hydrogen-bond donors (Lipinski definition) is 1. The Kier molecular flexibility index (Phi) is 8.09. The molecule has 1 N–H and O–H groups in total. The Morgan fingerprint density at radius 3 is 2.64 bits per heavy atom. The number of aromatic nitrogens is 3.